The van der Waals surface area contributed by atoms with Crippen molar-refractivity contribution in [3.05, 3.63) is 38.9 Å². The lowest BCUT2D eigenvalue weighted by Gasteiger charge is -2.40. The van der Waals surface area contributed by atoms with Gasteiger partial charge in [-0.25, -0.2) is 4.79 Å². The van der Waals surface area contributed by atoms with Crippen LogP contribution in [-0.4, -0.2) is 68.4 Å². The number of alkyl carbamates (subject to hydrolysis) is 1. The molecule has 0 aliphatic carbocycles. The van der Waals surface area contributed by atoms with Crippen molar-refractivity contribution in [2.45, 2.75) is 103 Å². The van der Waals surface area contributed by atoms with Crippen LogP contribution in [0.25, 0.3) is 33.1 Å². The molecule has 2 fully saturated rings. The van der Waals surface area contributed by atoms with E-state index in [1.165, 1.54) is 0 Å². The second-order valence-electron chi connectivity index (χ2n) is 15.2. The zero-order valence-electron chi connectivity index (χ0n) is 28.5. The third-order valence-corrected chi connectivity index (χ3v) is 11.7. The molecular weight excluding hydrogens is 657 g/mol. The number of amides is 1. The Bertz CT molecular complexity index is 1890. The van der Waals surface area contributed by atoms with Crippen molar-refractivity contribution in [3.8, 4) is 11.1 Å². The van der Waals surface area contributed by atoms with Gasteiger partial charge >= 0.3 is 6.09 Å². The summed E-state index contributed by atoms with van der Waals surface area (Å²) in [5, 5.41) is 9.51. The largest absolute Gasteiger partial charge is 0.444 e. The maximum Gasteiger partial charge on any atom is 0.407 e. The Kier molecular flexibility index (Phi) is 8.95. The number of nitrogens with zero attached hydrogens (tertiary/aromatic N) is 6. The van der Waals surface area contributed by atoms with Crippen molar-refractivity contribution < 1.29 is 14.3 Å². The molecular formula is C33H45Cl2N7O4Si. The first-order valence-corrected chi connectivity index (χ1v) is 20.8. The van der Waals surface area contributed by atoms with Gasteiger partial charge < -0.3 is 24.3 Å². The number of nitrogens with one attached hydrogen (secondary N) is 1. The van der Waals surface area contributed by atoms with Crippen LogP contribution < -0.4 is 15.8 Å². The molecule has 1 aromatic carbocycles. The first-order chi connectivity index (χ1) is 22.0. The minimum absolute atomic E-state index is 0.00838. The second-order valence-corrected chi connectivity index (χ2v) is 21.5. The summed E-state index contributed by atoms with van der Waals surface area (Å²) >= 11 is 13.6. The number of ether oxygens (including phenoxy) is 2. The molecule has 11 nitrogen and oxygen atoms in total. The van der Waals surface area contributed by atoms with Crippen LogP contribution in [-0.2, 0) is 30.3 Å². The molecule has 4 aromatic rings. The summed E-state index contributed by atoms with van der Waals surface area (Å²) in [6, 6.07) is 5.03. The van der Waals surface area contributed by atoms with Crippen LogP contribution >= 0.6 is 23.2 Å². The summed E-state index contributed by atoms with van der Waals surface area (Å²) in [6.45, 7) is 13.4. The lowest BCUT2D eigenvalue weighted by atomic mass is 9.98. The first kappa shape index (κ1) is 33.8. The number of benzene rings is 1. The van der Waals surface area contributed by atoms with Gasteiger partial charge in [-0.15, -0.1) is 0 Å². The van der Waals surface area contributed by atoms with Gasteiger partial charge in [-0.2, -0.15) is 10.1 Å². The molecule has 254 valence electrons. The molecule has 3 atom stereocenters. The van der Waals surface area contributed by atoms with Crippen molar-refractivity contribution in [3.63, 3.8) is 0 Å². The van der Waals surface area contributed by atoms with Crippen LogP contribution in [0.3, 0.4) is 0 Å². The van der Waals surface area contributed by atoms with Gasteiger partial charge in [-0.1, -0.05) is 48.9 Å². The normalized spacial score (nSPS) is 20.0. The lowest BCUT2D eigenvalue weighted by Crippen LogP contribution is -2.52. The highest BCUT2D eigenvalue weighted by Gasteiger charge is 2.43. The zero-order chi connectivity index (χ0) is 34.0. The average molecular weight is 703 g/mol. The molecule has 2 aliphatic rings. The summed E-state index contributed by atoms with van der Waals surface area (Å²) in [5.74, 6) is 0.621. The van der Waals surface area contributed by atoms with E-state index in [-0.39, 0.29) is 30.4 Å². The van der Waals surface area contributed by atoms with E-state index in [1.807, 2.05) is 43.7 Å². The number of carbonyl (C=O) groups is 1. The minimum Gasteiger partial charge on any atom is -0.444 e. The fourth-order valence-electron chi connectivity index (χ4n) is 6.90. The van der Waals surface area contributed by atoms with E-state index in [0.717, 1.165) is 31.7 Å². The molecule has 0 radical (unpaired) electrons. The van der Waals surface area contributed by atoms with E-state index in [1.54, 1.807) is 23.3 Å². The Morgan fingerprint density at radius 1 is 1.06 bits per heavy atom. The number of anilines is 1. The van der Waals surface area contributed by atoms with E-state index in [0.29, 0.717) is 55.8 Å². The van der Waals surface area contributed by atoms with E-state index < -0.39 is 19.8 Å². The van der Waals surface area contributed by atoms with Gasteiger partial charge in [0, 0.05) is 64.2 Å². The van der Waals surface area contributed by atoms with Crippen molar-refractivity contribution in [2.75, 3.05) is 11.5 Å². The predicted molar refractivity (Wildman–Crippen MR) is 190 cm³/mol. The molecule has 5 heterocycles. The zero-order valence-corrected chi connectivity index (χ0v) is 31.0. The highest BCUT2D eigenvalue weighted by Crippen LogP contribution is 2.42. The Balaban J connectivity index is 1.39. The van der Waals surface area contributed by atoms with Crippen molar-refractivity contribution >= 4 is 65.3 Å². The highest BCUT2D eigenvalue weighted by atomic mass is 35.5. The van der Waals surface area contributed by atoms with Crippen molar-refractivity contribution in [2.24, 2.45) is 14.1 Å². The van der Waals surface area contributed by atoms with Gasteiger partial charge in [0.05, 0.1) is 21.3 Å². The fourth-order valence-corrected chi connectivity index (χ4v) is 8.28. The summed E-state index contributed by atoms with van der Waals surface area (Å²) < 4.78 is 16.9. The minimum atomic E-state index is -1.30. The number of aromatic nitrogens is 5. The van der Waals surface area contributed by atoms with Gasteiger partial charge in [0.15, 0.2) is 5.65 Å². The molecule has 14 heteroatoms. The number of halogens is 2. The number of fused-ring (bicyclic) bond motifs is 4. The third-order valence-electron chi connectivity index (χ3n) is 9.14. The number of rotatable bonds is 8. The summed E-state index contributed by atoms with van der Waals surface area (Å²) in [4.78, 5) is 34.4. The Morgan fingerprint density at radius 2 is 1.74 bits per heavy atom. The van der Waals surface area contributed by atoms with Gasteiger partial charge in [0.25, 0.3) is 5.56 Å². The van der Waals surface area contributed by atoms with E-state index in [4.69, 9.17) is 37.7 Å². The highest BCUT2D eigenvalue weighted by molar-refractivity contribution is 6.76. The lowest BCUT2D eigenvalue weighted by molar-refractivity contribution is 0.0492. The van der Waals surface area contributed by atoms with Crippen LogP contribution in [0.4, 0.5) is 10.7 Å². The standard InChI is InChI=1S/C33H45Cl2N7O4Si/c1-33(2,3)46-32(44)36-19-15-20-9-10-21(16-19)42(20)31-37-29-25(30(43)39(31)4)23(17-41(29)18-45-13-14-47(6,7)8)22-11-12-24-26(27(22)34)28(35)40(5)38-24/h11-12,17,19-21H,9-10,13-16,18H2,1-8H3,(H,36,44)/t19-,20+,21-. The van der Waals surface area contributed by atoms with Gasteiger partial charge in [0.1, 0.15) is 17.5 Å². The van der Waals surface area contributed by atoms with E-state index in [9.17, 15) is 9.59 Å². The number of carbonyl (C=O) groups excluding carboxylic acids is 1. The van der Waals surface area contributed by atoms with E-state index in [2.05, 4.69) is 35.0 Å². The molecule has 1 amide bonds. The van der Waals surface area contributed by atoms with Crippen LogP contribution in [0.2, 0.25) is 35.9 Å². The SMILES string of the molecule is Cn1nc2ccc(-c3cn(COCC[Si](C)(C)C)c4nc(N5[C@@H]6CC[C@H]5C[C@@H](NC(=O)OC(C)(C)C)C6)n(C)c(=O)c34)c(Cl)c2c1Cl. The van der Waals surface area contributed by atoms with Crippen LogP contribution in [0.15, 0.2) is 23.1 Å². The smallest absolute Gasteiger partial charge is 0.407 e. The summed E-state index contributed by atoms with van der Waals surface area (Å²) in [7, 11) is 2.25. The van der Waals surface area contributed by atoms with Gasteiger partial charge in [-0.05, 0) is 58.6 Å². The fraction of sp³-hybridized carbons (Fsp3) is 0.576. The third kappa shape index (κ3) is 6.66. The van der Waals surface area contributed by atoms with Gasteiger partial charge in [0.2, 0.25) is 5.95 Å². The average Bonchev–Trinajstić information content (AvgIpc) is 3.55. The summed E-state index contributed by atoms with van der Waals surface area (Å²) in [6.07, 6.45) is 4.93. The van der Waals surface area contributed by atoms with Crippen molar-refractivity contribution in [1.29, 1.82) is 0 Å². The molecule has 0 unspecified atom stereocenters. The second kappa shape index (κ2) is 12.4. The number of hydrogen-bond acceptors (Lipinski definition) is 7. The quantitative estimate of drug-likeness (QED) is 0.157. The van der Waals surface area contributed by atoms with Crippen molar-refractivity contribution in [1.82, 2.24) is 29.2 Å². The number of piperidine rings is 1. The topological polar surface area (TPSA) is 108 Å². The Morgan fingerprint density at radius 3 is 2.38 bits per heavy atom. The molecule has 2 saturated heterocycles. The molecule has 6 rings (SSSR count). The maximum absolute atomic E-state index is 14.4. The predicted octanol–water partition coefficient (Wildman–Crippen LogP) is 6.93. The monoisotopic (exact) mass is 701 g/mol. The molecule has 2 bridgehead atoms. The molecule has 0 saturated carbocycles. The summed E-state index contributed by atoms with van der Waals surface area (Å²) in [5.41, 5.74) is 1.85. The van der Waals surface area contributed by atoms with E-state index >= 15 is 0 Å². The molecule has 47 heavy (non-hydrogen) atoms. The van der Waals surface area contributed by atoms with Gasteiger partial charge in [-0.3, -0.25) is 14.0 Å². The molecule has 1 N–H and O–H groups in total. The molecule has 2 aliphatic heterocycles. The molecule has 3 aromatic heterocycles. The number of aryl methyl sites for hydroxylation is 1. The Hall–Kier alpha value is -3.06. The molecule has 0 spiro atoms. The maximum atomic E-state index is 14.4. The number of hydrogen-bond donors (Lipinski definition) is 1. The van der Waals surface area contributed by atoms with Crippen LogP contribution in [0, 0.1) is 0 Å². The Labute approximate surface area is 286 Å². The van der Waals surface area contributed by atoms with Crippen LogP contribution in [0.1, 0.15) is 46.5 Å². The first-order valence-electron chi connectivity index (χ1n) is 16.3. The van der Waals surface area contributed by atoms with Crippen LogP contribution in [0.5, 0.6) is 0 Å².